The fourth-order valence-electron chi connectivity index (χ4n) is 2.13. The molecule has 15 heavy (non-hydrogen) atoms. The van der Waals surface area contributed by atoms with Crippen molar-refractivity contribution in [3.05, 3.63) is 28.4 Å². The van der Waals surface area contributed by atoms with Crippen LogP contribution in [0.15, 0.2) is 12.3 Å². The van der Waals surface area contributed by atoms with Crippen molar-refractivity contribution >= 4 is 17.7 Å². The lowest BCUT2D eigenvalue weighted by atomic mass is 10.0. The van der Waals surface area contributed by atoms with E-state index in [-0.39, 0.29) is 0 Å². The molecule has 0 bridgehead atoms. The minimum atomic E-state index is 0.995. The van der Waals surface area contributed by atoms with Crippen LogP contribution in [-0.4, -0.2) is 18.1 Å². The topological polar surface area (TPSA) is 27.8 Å². The Morgan fingerprint density at radius 2 is 2.13 bits per heavy atom. The number of hydrogen-bond acceptors (Lipinski definition) is 1. The number of hydrogen-bond donors (Lipinski definition) is 2. The normalized spacial score (nSPS) is 19.5. The number of aromatic nitrogens is 1. The molecule has 1 aromatic heterocycles. The molecule has 0 saturated heterocycles. The molecule has 2 rings (SSSR count). The summed E-state index contributed by atoms with van der Waals surface area (Å²) in [6, 6.07) is 0. The van der Waals surface area contributed by atoms with E-state index < -0.39 is 0 Å². The van der Waals surface area contributed by atoms with Gasteiger partial charge in [0.1, 0.15) is 0 Å². The van der Waals surface area contributed by atoms with E-state index in [2.05, 4.69) is 48.6 Å². The molecule has 2 heteroatoms. The molecule has 0 unspecified atom stereocenters. The van der Waals surface area contributed by atoms with Gasteiger partial charge in [0, 0.05) is 28.9 Å². The van der Waals surface area contributed by atoms with Crippen molar-refractivity contribution in [1.82, 2.24) is 10.3 Å². The Labute approximate surface area is 90.4 Å². The quantitative estimate of drug-likeness (QED) is 0.698. The van der Waals surface area contributed by atoms with Crippen molar-refractivity contribution < 1.29 is 0 Å². The van der Waals surface area contributed by atoms with E-state index in [1.165, 1.54) is 21.7 Å². The maximum absolute atomic E-state index is 3.34. The summed E-state index contributed by atoms with van der Waals surface area (Å²) in [5, 5.41) is 5.91. The second kappa shape index (κ2) is 4.49. The van der Waals surface area contributed by atoms with E-state index in [9.17, 15) is 0 Å². The lowest BCUT2D eigenvalue weighted by molar-refractivity contribution is 0.738. The van der Waals surface area contributed by atoms with Gasteiger partial charge in [-0.1, -0.05) is 18.2 Å². The molecule has 1 aromatic rings. The van der Waals surface area contributed by atoms with Crippen molar-refractivity contribution in [2.24, 2.45) is 0 Å². The zero-order valence-electron chi connectivity index (χ0n) is 9.43. The van der Waals surface area contributed by atoms with Crippen molar-refractivity contribution in [2.75, 3.05) is 13.1 Å². The smallest absolute Gasteiger partial charge is 0.0413 e. The molecule has 0 aromatic carbocycles. The summed E-state index contributed by atoms with van der Waals surface area (Å²) in [6.45, 7) is 6.25. The molecule has 2 nitrogen and oxygen atoms in total. The van der Waals surface area contributed by atoms with Gasteiger partial charge in [-0.15, -0.1) is 0 Å². The summed E-state index contributed by atoms with van der Waals surface area (Å²) in [5.41, 5.74) is 2.83. The van der Waals surface area contributed by atoms with Crippen molar-refractivity contribution in [3.8, 4) is 0 Å². The van der Waals surface area contributed by atoms with Crippen LogP contribution in [0.5, 0.6) is 0 Å². The highest BCUT2D eigenvalue weighted by Crippen LogP contribution is 2.14. The summed E-state index contributed by atoms with van der Waals surface area (Å²) in [4.78, 5) is 3.32. The summed E-state index contributed by atoms with van der Waals surface area (Å²) in [6.07, 6.45) is 9.85. The van der Waals surface area contributed by atoms with Crippen LogP contribution in [0.2, 0.25) is 0 Å². The van der Waals surface area contributed by atoms with Gasteiger partial charge in [0.25, 0.3) is 0 Å². The van der Waals surface area contributed by atoms with E-state index in [4.69, 9.17) is 0 Å². The maximum atomic E-state index is 3.34. The van der Waals surface area contributed by atoms with Crippen LogP contribution in [0.25, 0.3) is 17.7 Å². The molecule has 0 atom stereocenters. The van der Waals surface area contributed by atoms with Gasteiger partial charge in [-0.25, -0.2) is 0 Å². The van der Waals surface area contributed by atoms with E-state index in [1.54, 1.807) is 0 Å². The van der Waals surface area contributed by atoms with Gasteiger partial charge in [-0.2, -0.15) is 0 Å². The Balaban J connectivity index is 2.54. The molecule has 1 aliphatic heterocycles. The molecular formula is C13H18N2. The first-order valence-corrected chi connectivity index (χ1v) is 5.57. The van der Waals surface area contributed by atoms with Gasteiger partial charge >= 0.3 is 0 Å². The highest BCUT2D eigenvalue weighted by Gasteiger charge is 2.07. The Hall–Kier alpha value is -1.28. The second-order valence-electron chi connectivity index (χ2n) is 3.79. The summed E-state index contributed by atoms with van der Waals surface area (Å²) in [5.74, 6) is 0. The molecule has 0 spiro atoms. The minimum absolute atomic E-state index is 0.995. The first-order chi connectivity index (χ1) is 7.36. The standard InChI is InChI=1S/C13H18N2/c1-3-11-12(9-15-13(11)4-2)10-5-7-14-8-6-10/h3-5,9,14-15H,6-8H2,1-2H3/b11-3-,13-4+. The van der Waals surface area contributed by atoms with Gasteiger partial charge in [-0.05, 0) is 32.4 Å². The zero-order valence-corrected chi connectivity index (χ0v) is 9.43. The van der Waals surface area contributed by atoms with Gasteiger partial charge in [0.05, 0.1) is 0 Å². The van der Waals surface area contributed by atoms with Gasteiger partial charge in [0.15, 0.2) is 0 Å². The predicted molar refractivity (Wildman–Crippen MR) is 65.8 cm³/mol. The third kappa shape index (κ3) is 1.90. The third-order valence-corrected chi connectivity index (χ3v) is 2.94. The van der Waals surface area contributed by atoms with Gasteiger partial charge in [-0.3, -0.25) is 0 Å². The molecule has 2 heterocycles. The number of aromatic amines is 1. The largest absolute Gasteiger partial charge is 0.361 e. The molecule has 1 aliphatic rings. The monoisotopic (exact) mass is 202 g/mol. The van der Waals surface area contributed by atoms with Gasteiger partial charge < -0.3 is 10.3 Å². The van der Waals surface area contributed by atoms with Crippen LogP contribution in [0.4, 0.5) is 0 Å². The van der Waals surface area contributed by atoms with E-state index in [0.29, 0.717) is 0 Å². The third-order valence-electron chi connectivity index (χ3n) is 2.94. The molecular weight excluding hydrogens is 184 g/mol. The Morgan fingerprint density at radius 3 is 2.73 bits per heavy atom. The number of rotatable bonds is 1. The van der Waals surface area contributed by atoms with Crippen LogP contribution >= 0.6 is 0 Å². The SMILES string of the molecule is C/C=c1/c(C2=CCNCC2)c[nH]/c1=C/C. The fraction of sp³-hybridized carbons (Fsp3) is 0.385. The molecule has 0 aliphatic carbocycles. The summed E-state index contributed by atoms with van der Waals surface area (Å²) < 4.78 is 0. The van der Waals surface area contributed by atoms with E-state index >= 15 is 0 Å². The van der Waals surface area contributed by atoms with Gasteiger partial charge in [0.2, 0.25) is 0 Å². The maximum Gasteiger partial charge on any atom is 0.0413 e. The van der Waals surface area contributed by atoms with Crippen LogP contribution in [0.3, 0.4) is 0 Å². The average Bonchev–Trinajstić information content (AvgIpc) is 2.72. The van der Waals surface area contributed by atoms with Crippen LogP contribution in [0, 0.1) is 0 Å². The zero-order chi connectivity index (χ0) is 10.7. The van der Waals surface area contributed by atoms with Crippen LogP contribution < -0.4 is 15.9 Å². The summed E-state index contributed by atoms with van der Waals surface area (Å²) >= 11 is 0. The molecule has 80 valence electrons. The van der Waals surface area contributed by atoms with Crippen molar-refractivity contribution in [3.63, 3.8) is 0 Å². The number of nitrogens with one attached hydrogen (secondary N) is 2. The first kappa shape index (κ1) is 10.2. The molecule has 0 radical (unpaired) electrons. The second-order valence-corrected chi connectivity index (χ2v) is 3.79. The Morgan fingerprint density at radius 1 is 1.27 bits per heavy atom. The first-order valence-electron chi connectivity index (χ1n) is 5.57. The van der Waals surface area contributed by atoms with Crippen molar-refractivity contribution in [1.29, 1.82) is 0 Å². The van der Waals surface area contributed by atoms with E-state index in [0.717, 1.165) is 19.5 Å². The average molecular weight is 202 g/mol. The minimum Gasteiger partial charge on any atom is -0.361 e. The lowest BCUT2D eigenvalue weighted by Crippen LogP contribution is -2.26. The highest BCUT2D eigenvalue weighted by molar-refractivity contribution is 5.67. The van der Waals surface area contributed by atoms with Crippen LogP contribution in [-0.2, 0) is 0 Å². The molecule has 0 amide bonds. The summed E-state index contributed by atoms with van der Waals surface area (Å²) in [7, 11) is 0. The van der Waals surface area contributed by atoms with Crippen molar-refractivity contribution in [2.45, 2.75) is 20.3 Å². The van der Waals surface area contributed by atoms with E-state index in [1.807, 2.05) is 0 Å². The molecule has 0 fully saturated rings. The molecule has 2 N–H and O–H groups in total. The lowest BCUT2D eigenvalue weighted by Gasteiger charge is -2.12. The Kier molecular flexibility index (Phi) is 3.07. The Bertz CT molecular complexity index is 477. The predicted octanol–water partition coefficient (Wildman–Crippen LogP) is 0.992. The number of H-pyrrole nitrogens is 1. The fourth-order valence-corrected chi connectivity index (χ4v) is 2.13. The highest BCUT2D eigenvalue weighted by atomic mass is 14.8. The molecule has 0 saturated carbocycles. The van der Waals surface area contributed by atoms with Crippen LogP contribution in [0.1, 0.15) is 25.8 Å².